The normalized spacial score (nSPS) is 13.2. The Morgan fingerprint density at radius 1 is 1.33 bits per heavy atom. The Morgan fingerprint density at radius 3 is 2.67 bits per heavy atom. The van der Waals surface area contributed by atoms with Crippen LogP contribution in [0.15, 0.2) is 12.4 Å². The summed E-state index contributed by atoms with van der Waals surface area (Å²) in [6.45, 7) is 7.99. The number of nitrogens with one attached hydrogen (secondary N) is 1. The van der Waals surface area contributed by atoms with Gasteiger partial charge >= 0.3 is 0 Å². The number of rotatable bonds is 9. The fraction of sp³-hybridized carbons (Fsp3) is 0.800. The first-order chi connectivity index (χ1) is 8.65. The van der Waals surface area contributed by atoms with E-state index in [2.05, 4.69) is 42.7 Å². The molecule has 18 heavy (non-hydrogen) atoms. The lowest BCUT2D eigenvalue weighted by molar-refractivity contribution is 0.366. The van der Waals surface area contributed by atoms with Crippen molar-refractivity contribution in [1.82, 2.24) is 14.9 Å². The van der Waals surface area contributed by atoms with E-state index in [1.165, 1.54) is 31.5 Å². The van der Waals surface area contributed by atoms with Gasteiger partial charge in [0.2, 0.25) is 0 Å². The third-order valence-corrected chi connectivity index (χ3v) is 3.55. The number of imidazole rings is 1. The molecule has 3 nitrogen and oxygen atoms in total. The zero-order valence-electron chi connectivity index (χ0n) is 12.4. The summed E-state index contributed by atoms with van der Waals surface area (Å²) in [5.74, 6) is 1.93. The van der Waals surface area contributed by atoms with E-state index in [9.17, 15) is 0 Å². The molecule has 104 valence electrons. The zero-order chi connectivity index (χ0) is 13.4. The second-order valence-electron chi connectivity index (χ2n) is 5.50. The van der Waals surface area contributed by atoms with E-state index in [1.807, 2.05) is 12.4 Å². The maximum Gasteiger partial charge on any atom is 0.108 e. The smallest absolute Gasteiger partial charge is 0.108 e. The second-order valence-corrected chi connectivity index (χ2v) is 5.50. The monoisotopic (exact) mass is 251 g/mol. The number of hydrogen-bond acceptors (Lipinski definition) is 2. The van der Waals surface area contributed by atoms with Crippen LogP contribution in [0.4, 0.5) is 0 Å². The lowest BCUT2D eigenvalue weighted by Crippen LogP contribution is -2.34. The molecular weight excluding hydrogens is 222 g/mol. The van der Waals surface area contributed by atoms with E-state index < -0.39 is 0 Å². The van der Waals surface area contributed by atoms with Gasteiger partial charge in [0.15, 0.2) is 0 Å². The lowest BCUT2D eigenvalue weighted by Gasteiger charge is -2.22. The van der Waals surface area contributed by atoms with Gasteiger partial charge in [-0.3, -0.25) is 0 Å². The molecule has 3 heteroatoms. The quantitative estimate of drug-likeness (QED) is 0.683. The maximum atomic E-state index is 4.36. The molecule has 0 radical (unpaired) electrons. The number of aryl methyl sites for hydroxylation is 2. The van der Waals surface area contributed by atoms with Crippen LogP contribution < -0.4 is 5.32 Å². The van der Waals surface area contributed by atoms with Crippen LogP contribution in [-0.4, -0.2) is 22.1 Å². The van der Waals surface area contributed by atoms with E-state index in [4.69, 9.17) is 0 Å². The van der Waals surface area contributed by atoms with Gasteiger partial charge in [-0.25, -0.2) is 4.98 Å². The fourth-order valence-electron chi connectivity index (χ4n) is 2.29. The van der Waals surface area contributed by atoms with Crippen molar-refractivity contribution in [1.29, 1.82) is 0 Å². The van der Waals surface area contributed by atoms with Crippen LogP contribution in [0.25, 0.3) is 0 Å². The first-order valence-corrected chi connectivity index (χ1v) is 7.34. The summed E-state index contributed by atoms with van der Waals surface area (Å²) in [7, 11) is 2.07. The summed E-state index contributed by atoms with van der Waals surface area (Å²) in [5.41, 5.74) is 0. The highest BCUT2D eigenvalue weighted by Crippen LogP contribution is 2.12. The van der Waals surface area contributed by atoms with Gasteiger partial charge in [0.05, 0.1) is 0 Å². The molecule has 1 heterocycles. The van der Waals surface area contributed by atoms with Gasteiger partial charge in [-0.05, 0) is 31.7 Å². The average Bonchev–Trinajstić information content (AvgIpc) is 2.73. The number of nitrogens with zero attached hydrogens (tertiary/aromatic N) is 2. The minimum absolute atomic E-state index is 0.673. The average molecular weight is 251 g/mol. The first kappa shape index (κ1) is 15.2. The van der Waals surface area contributed by atoms with Gasteiger partial charge in [0.1, 0.15) is 5.82 Å². The summed E-state index contributed by atoms with van der Waals surface area (Å²) in [6, 6.07) is 0.673. The van der Waals surface area contributed by atoms with E-state index in [0.717, 1.165) is 18.9 Å². The topological polar surface area (TPSA) is 29.9 Å². The second kappa shape index (κ2) is 8.30. The SMILES string of the molecule is CCCNC(CCCCc1nccn1C)C(C)C. The number of aromatic nitrogens is 2. The minimum Gasteiger partial charge on any atom is -0.338 e. The van der Waals surface area contributed by atoms with Crippen molar-refractivity contribution >= 4 is 0 Å². The van der Waals surface area contributed by atoms with Crippen LogP contribution in [0.1, 0.15) is 52.3 Å². The minimum atomic E-state index is 0.673. The van der Waals surface area contributed by atoms with Crippen molar-refractivity contribution < 1.29 is 0 Å². The molecule has 0 saturated carbocycles. The highest BCUT2D eigenvalue weighted by molar-refractivity contribution is 4.90. The van der Waals surface area contributed by atoms with Crippen LogP contribution in [-0.2, 0) is 13.5 Å². The molecule has 0 fully saturated rings. The van der Waals surface area contributed by atoms with E-state index in [-0.39, 0.29) is 0 Å². The van der Waals surface area contributed by atoms with Crippen molar-refractivity contribution in [2.24, 2.45) is 13.0 Å². The molecule has 1 unspecified atom stereocenters. The Balaban J connectivity index is 2.20. The molecule has 0 spiro atoms. The van der Waals surface area contributed by atoms with Crippen molar-refractivity contribution in [2.75, 3.05) is 6.54 Å². The third kappa shape index (κ3) is 5.21. The van der Waals surface area contributed by atoms with Crippen molar-refractivity contribution in [2.45, 2.75) is 58.9 Å². The molecule has 1 N–H and O–H groups in total. The molecule has 1 aromatic heterocycles. The summed E-state index contributed by atoms with van der Waals surface area (Å²) in [6.07, 6.45) is 10.0. The summed E-state index contributed by atoms with van der Waals surface area (Å²) < 4.78 is 2.12. The zero-order valence-corrected chi connectivity index (χ0v) is 12.4. The van der Waals surface area contributed by atoms with E-state index in [1.54, 1.807) is 0 Å². The van der Waals surface area contributed by atoms with Gasteiger partial charge in [0, 0.05) is 31.9 Å². The standard InChI is InChI=1S/C15H29N3/c1-5-10-16-14(13(2)3)8-6-7-9-15-17-11-12-18(15)4/h11-14,16H,5-10H2,1-4H3. The Labute approximate surface area is 112 Å². The summed E-state index contributed by atoms with van der Waals surface area (Å²) in [4.78, 5) is 4.36. The Kier molecular flexibility index (Phi) is 7.02. The molecule has 0 amide bonds. The molecule has 0 bridgehead atoms. The van der Waals surface area contributed by atoms with Gasteiger partial charge in [-0.1, -0.05) is 27.2 Å². The van der Waals surface area contributed by atoms with Gasteiger partial charge < -0.3 is 9.88 Å². The predicted octanol–water partition coefficient (Wildman–Crippen LogP) is 3.16. The highest BCUT2D eigenvalue weighted by Gasteiger charge is 2.11. The van der Waals surface area contributed by atoms with Crippen LogP contribution in [0, 0.1) is 5.92 Å². The fourth-order valence-corrected chi connectivity index (χ4v) is 2.29. The van der Waals surface area contributed by atoms with Gasteiger partial charge in [-0.2, -0.15) is 0 Å². The van der Waals surface area contributed by atoms with Crippen molar-refractivity contribution in [3.8, 4) is 0 Å². The Bertz CT molecular complexity index is 317. The molecule has 1 aromatic rings. The molecule has 0 saturated heterocycles. The molecular formula is C15H29N3. The van der Waals surface area contributed by atoms with Gasteiger partial charge in [-0.15, -0.1) is 0 Å². The van der Waals surface area contributed by atoms with Crippen LogP contribution in [0.2, 0.25) is 0 Å². The molecule has 0 aromatic carbocycles. The Hall–Kier alpha value is -0.830. The Morgan fingerprint density at radius 2 is 2.11 bits per heavy atom. The van der Waals surface area contributed by atoms with Crippen LogP contribution in [0.5, 0.6) is 0 Å². The summed E-state index contributed by atoms with van der Waals surface area (Å²) >= 11 is 0. The summed E-state index contributed by atoms with van der Waals surface area (Å²) in [5, 5.41) is 3.65. The predicted molar refractivity (Wildman–Crippen MR) is 77.7 cm³/mol. The maximum absolute atomic E-state index is 4.36. The molecule has 0 aliphatic rings. The number of unbranched alkanes of at least 4 members (excludes halogenated alkanes) is 1. The molecule has 1 rings (SSSR count). The van der Waals surface area contributed by atoms with Crippen molar-refractivity contribution in [3.05, 3.63) is 18.2 Å². The highest BCUT2D eigenvalue weighted by atomic mass is 15.0. The van der Waals surface area contributed by atoms with Gasteiger partial charge in [0.25, 0.3) is 0 Å². The molecule has 1 atom stereocenters. The third-order valence-electron chi connectivity index (χ3n) is 3.55. The molecule has 0 aliphatic carbocycles. The van der Waals surface area contributed by atoms with E-state index >= 15 is 0 Å². The number of hydrogen-bond donors (Lipinski definition) is 1. The largest absolute Gasteiger partial charge is 0.338 e. The van der Waals surface area contributed by atoms with Crippen molar-refractivity contribution in [3.63, 3.8) is 0 Å². The molecule has 0 aliphatic heterocycles. The lowest BCUT2D eigenvalue weighted by atomic mass is 9.97. The van der Waals surface area contributed by atoms with E-state index in [0.29, 0.717) is 6.04 Å². The van der Waals surface area contributed by atoms with Crippen LogP contribution in [0.3, 0.4) is 0 Å². The first-order valence-electron chi connectivity index (χ1n) is 7.34. The van der Waals surface area contributed by atoms with Crippen LogP contribution >= 0.6 is 0 Å².